The number of aryl methyl sites for hydroxylation is 1. The molecule has 0 aromatic heterocycles. The van der Waals surface area contributed by atoms with E-state index in [0.717, 1.165) is 10.5 Å². The third-order valence-electron chi connectivity index (χ3n) is 3.59. The summed E-state index contributed by atoms with van der Waals surface area (Å²) in [5, 5.41) is 10.4. The number of aliphatic hydroxyl groups excluding tert-OH is 1. The van der Waals surface area contributed by atoms with Gasteiger partial charge in [0.1, 0.15) is 5.82 Å². The quantitative estimate of drug-likeness (QED) is 0.863. The molecule has 0 bridgehead atoms. The summed E-state index contributed by atoms with van der Waals surface area (Å²) >= 11 is 1.82. The molecule has 18 heavy (non-hydrogen) atoms. The highest BCUT2D eigenvalue weighted by Crippen LogP contribution is 2.38. The van der Waals surface area contributed by atoms with E-state index in [9.17, 15) is 9.50 Å². The van der Waals surface area contributed by atoms with Gasteiger partial charge in [0, 0.05) is 10.1 Å². The highest BCUT2D eigenvalue weighted by Gasteiger charge is 2.19. The maximum absolute atomic E-state index is 13.6. The Morgan fingerprint density at radius 1 is 1.28 bits per heavy atom. The molecule has 1 fully saturated rings. The van der Waals surface area contributed by atoms with Crippen molar-refractivity contribution in [2.24, 2.45) is 0 Å². The van der Waals surface area contributed by atoms with Crippen LogP contribution < -0.4 is 0 Å². The Balaban J connectivity index is 2.21. The third kappa shape index (κ3) is 3.27. The first-order chi connectivity index (χ1) is 8.58. The smallest absolute Gasteiger partial charge is 0.126 e. The van der Waals surface area contributed by atoms with Crippen molar-refractivity contribution >= 4 is 11.8 Å². The fraction of sp³-hybridized carbons (Fsp3) is 0.600. The first kappa shape index (κ1) is 13.9. The summed E-state index contributed by atoms with van der Waals surface area (Å²) in [6.45, 7) is 3.49. The minimum Gasteiger partial charge on any atom is -0.389 e. The van der Waals surface area contributed by atoms with Gasteiger partial charge < -0.3 is 5.11 Å². The van der Waals surface area contributed by atoms with E-state index in [1.807, 2.05) is 17.8 Å². The Hall–Kier alpha value is -0.540. The number of rotatable bonds is 3. The van der Waals surface area contributed by atoms with Crippen LogP contribution in [0.5, 0.6) is 0 Å². The molecule has 2 rings (SSSR count). The molecule has 1 N–H and O–H groups in total. The second-order valence-corrected chi connectivity index (χ2v) is 6.54. The van der Waals surface area contributed by atoms with Gasteiger partial charge in [-0.3, -0.25) is 0 Å². The Bertz CT molecular complexity index is 411. The zero-order chi connectivity index (χ0) is 13.1. The topological polar surface area (TPSA) is 20.2 Å². The van der Waals surface area contributed by atoms with Crippen LogP contribution in [0.3, 0.4) is 0 Å². The van der Waals surface area contributed by atoms with Crippen LogP contribution in [0.4, 0.5) is 4.39 Å². The van der Waals surface area contributed by atoms with E-state index in [2.05, 4.69) is 0 Å². The van der Waals surface area contributed by atoms with E-state index in [0.29, 0.717) is 10.8 Å². The molecule has 1 aliphatic carbocycles. The van der Waals surface area contributed by atoms with Gasteiger partial charge in [0.15, 0.2) is 0 Å². The number of hydrogen-bond donors (Lipinski definition) is 1. The molecule has 0 radical (unpaired) electrons. The summed E-state index contributed by atoms with van der Waals surface area (Å²) in [4.78, 5) is 1.05. The zero-order valence-electron chi connectivity index (χ0n) is 11.1. The fourth-order valence-electron chi connectivity index (χ4n) is 2.46. The Kier molecular flexibility index (Phi) is 4.68. The minimum absolute atomic E-state index is 0.223. The Morgan fingerprint density at radius 3 is 2.56 bits per heavy atom. The monoisotopic (exact) mass is 268 g/mol. The predicted octanol–water partition coefficient (Wildman–Crippen LogP) is 4.61. The molecule has 0 saturated heterocycles. The number of hydrogen-bond acceptors (Lipinski definition) is 2. The summed E-state index contributed by atoms with van der Waals surface area (Å²) in [5.74, 6) is -0.223. The van der Waals surface area contributed by atoms with E-state index < -0.39 is 6.10 Å². The van der Waals surface area contributed by atoms with Crippen LogP contribution in [0, 0.1) is 12.7 Å². The summed E-state index contributed by atoms with van der Waals surface area (Å²) in [6, 6.07) is 3.38. The van der Waals surface area contributed by atoms with Gasteiger partial charge in [-0.2, -0.15) is 0 Å². The summed E-state index contributed by atoms with van der Waals surface area (Å²) < 4.78 is 13.6. The SMILES string of the molecule is Cc1cc(SC2CCCCC2)c([C@H](C)O)cc1F. The normalized spacial score (nSPS) is 18.9. The molecule has 0 aliphatic heterocycles. The van der Waals surface area contributed by atoms with E-state index in [4.69, 9.17) is 0 Å². The minimum atomic E-state index is -0.605. The maximum Gasteiger partial charge on any atom is 0.126 e. The first-order valence-electron chi connectivity index (χ1n) is 6.72. The van der Waals surface area contributed by atoms with Crippen LogP contribution in [0.1, 0.15) is 56.3 Å². The summed E-state index contributed by atoms with van der Waals surface area (Å²) in [5.41, 5.74) is 1.39. The van der Waals surface area contributed by atoms with Gasteiger partial charge in [-0.05, 0) is 49.9 Å². The molecule has 1 nitrogen and oxygen atoms in total. The average Bonchev–Trinajstić information content (AvgIpc) is 2.34. The Morgan fingerprint density at radius 2 is 1.94 bits per heavy atom. The molecule has 1 saturated carbocycles. The molecule has 1 aromatic rings. The number of benzene rings is 1. The van der Waals surface area contributed by atoms with Crippen LogP contribution >= 0.6 is 11.8 Å². The molecule has 0 amide bonds. The maximum atomic E-state index is 13.6. The van der Waals surface area contributed by atoms with E-state index in [-0.39, 0.29) is 5.82 Å². The number of halogens is 1. The van der Waals surface area contributed by atoms with Crippen LogP contribution in [0.15, 0.2) is 17.0 Å². The molecular weight excluding hydrogens is 247 g/mol. The first-order valence-corrected chi connectivity index (χ1v) is 7.60. The zero-order valence-corrected chi connectivity index (χ0v) is 11.9. The highest BCUT2D eigenvalue weighted by atomic mass is 32.2. The lowest BCUT2D eigenvalue weighted by molar-refractivity contribution is 0.196. The van der Waals surface area contributed by atoms with E-state index >= 15 is 0 Å². The lowest BCUT2D eigenvalue weighted by Gasteiger charge is -2.23. The van der Waals surface area contributed by atoms with Crippen molar-refractivity contribution in [1.82, 2.24) is 0 Å². The van der Waals surface area contributed by atoms with Crippen molar-refractivity contribution in [3.05, 3.63) is 29.1 Å². The van der Waals surface area contributed by atoms with Crippen molar-refractivity contribution in [1.29, 1.82) is 0 Å². The molecule has 0 spiro atoms. The van der Waals surface area contributed by atoms with Crippen molar-refractivity contribution in [2.45, 2.75) is 62.2 Å². The molecule has 1 atom stereocenters. The van der Waals surface area contributed by atoms with Gasteiger partial charge in [-0.1, -0.05) is 19.3 Å². The molecule has 1 aliphatic rings. The van der Waals surface area contributed by atoms with Gasteiger partial charge in [0.25, 0.3) is 0 Å². The number of aliphatic hydroxyl groups is 1. The van der Waals surface area contributed by atoms with Gasteiger partial charge in [0.05, 0.1) is 6.10 Å². The van der Waals surface area contributed by atoms with E-state index in [1.54, 1.807) is 13.8 Å². The van der Waals surface area contributed by atoms with Crippen LogP contribution in [-0.2, 0) is 0 Å². The van der Waals surface area contributed by atoms with Gasteiger partial charge in [0.2, 0.25) is 0 Å². The Labute approximate surface area is 113 Å². The standard InChI is InChI=1S/C15H21FOS/c1-10-8-15(13(11(2)17)9-14(10)16)18-12-6-4-3-5-7-12/h8-9,11-12,17H,3-7H2,1-2H3/t11-/m0/s1. The fourth-order valence-corrected chi connectivity index (χ4v) is 4.00. The third-order valence-corrected chi connectivity index (χ3v) is 5.00. The van der Waals surface area contributed by atoms with Crippen molar-refractivity contribution in [2.75, 3.05) is 0 Å². The summed E-state index contributed by atoms with van der Waals surface area (Å²) in [6.07, 6.45) is 5.79. The highest BCUT2D eigenvalue weighted by molar-refractivity contribution is 8.00. The second kappa shape index (κ2) is 6.07. The van der Waals surface area contributed by atoms with Crippen molar-refractivity contribution in [3.8, 4) is 0 Å². The van der Waals surface area contributed by atoms with Crippen LogP contribution in [0.25, 0.3) is 0 Å². The van der Waals surface area contributed by atoms with Crippen molar-refractivity contribution < 1.29 is 9.50 Å². The molecular formula is C15H21FOS. The molecule has 100 valence electrons. The second-order valence-electron chi connectivity index (χ2n) is 5.19. The van der Waals surface area contributed by atoms with Gasteiger partial charge >= 0.3 is 0 Å². The van der Waals surface area contributed by atoms with Crippen LogP contribution in [0.2, 0.25) is 0 Å². The molecule has 0 heterocycles. The van der Waals surface area contributed by atoms with Crippen molar-refractivity contribution in [3.63, 3.8) is 0 Å². The van der Waals surface area contributed by atoms with E-state index in [1.165, 1.54) is 38.2 Å². The number of thioether (sulfide) groups is 1. The molecule has 3 heteroatoms. The molecule has 0 unspecified atom stereocenters. The lowest BCUT2D eigenvalue weighted by atomic mass is 10.0. The lowest BCUT2D eigenvalue weighted by Crippen LogP contribution is -2.09. The summed E-state index contributed by atoms with van der Waals surface area (Å²) in [7, 11) is 0. The average molecular weight is 268 g/mol. The van der Waals surface area contributed by atoms with Gasteiger partial charge in [-0.15, -0.1) is 11.8 Å². The molecule has 1 aromatic carbocycles. The predicted molar refractivity (Wildman–Crippen MR) is 74.5 cm³/mol. The van der Waals surface area contributed by atoms with Gasteiger partial charge in [-0.25, -0.2) is 4.39 Å². The largest absolute Gasteiger partial charge is 0.389 e. The van der Waals surface area contributed by atoms with Crippen LogP contribution in [-0.4, -0.2) is 10.4 Å².